The van der Waals surface area contributed by atoms with Crippen LogP contribution >= 0.6 is 15.9 Å². The molecule has 0 unspecified atom stereocenters. The van der Waals surface area contributed by atoms with E-state index in [0.717, 1.165) is 15.8 Å². The quantitative estimate of drug-likeness (QED) is 0.836. The maximum absolute atomic E-state index is 9.36. The summed E-state index contributed by atoms with van der Waals surface area (Å²) in [6.07, 6.45) is 0. The number of aliphatic hydroxyl groups is 1. The molecule has 0 saturated carbocycles. The Balaban J connectivity index is 2.31. The molecule has 106 valence electrons. The van der Waals surface area contributed by atoms with Crippen molar-refractivity contribution in [3.8, 4) is 11.5 Å². The number of benzene rings is 2. The number of hydrogen-bond acceptors (Lipinski definition) is 2. The van der Waals surface area contributed by atoms with Crippen molar-refractivity contribution < 1.29 is 9.84 Å². The lowest BCUT2D eigenvalue weighted by atomic mass is 9.98. The van der Waals surface area contributed by atoms with Crippen LogP contribution in [0.5, 0.6) is 11.5 Å². The van der Waals surface area contributed by atoms with Crippen LogP contribution in [0.2, 0.25) is 0 Å². The Kier molecular flexibility index (Phi) is 4.84. The van der Waals surface area contributed by atoms with E-state index in [4.69, 9.17) is 4.74 Å². The van der Waals surface area contributed by atoms with Gasteiger partial charge in [0.05, 0.1) is 6.61 Å². The fraction of sp³-hybridized carbons (Fsp3) is 0.294. The van der Waals surface area contributed by atoms with E-state index in [2.05, 4.69) is 42.8 Å². The van der Waals surface area contributed by atoms with Crippen LogP contribution in [0.1, 0.15) is 36.5 Å². The molecule has 0 heterocycles. The Bertz CT molecular complexity index is 606. The SMILES string of the molecule is Cc1cc(Oc2cc(Br)ccc2CO)ccc1C(C)C. The average molecular weight is 335 g/mol. The summed E-state index contributed by atoms with van der Waals surface area (Å²) in [5.41, 5.74) is 3.32. The third-order valence-corrected chi connectivity index (χ3v) is 3.78. The summed E-state index contributed by atoms with van der Waals surface area (Å²) in [5.74, 6) is 1.97. The average Bonchev–Trinajstić information content (AvgIpc) is 2.38. The van der Waals surface area contributed by atoms with E-state index < -0.39 is 0 Å². The minimum atomic E-state index is -0.0360. The van der Waals surface area contributed by atoms with Crippen molar-refractivity contribution in [1.82, 2.24) is 0 Å². The molecule has 0 amide bonds. The predicted octanol–water partition coefficient (Wildman–Crippen LogP) is 5.17. The minimum absolute atomic E-state index is 0.0360. The van der Waals surface area contributed by atoms with E-state index >= 15 is 0 Å². The second kappa shape index (κ2) is 6.42. The van der Waals surface area contributed by atoms with Crippen molar-refractivity contribution >= 4 is 15.9 Å². The Morgan fingerprint density at radius 3 is 2.50 bits per heavy atom. The Labute approximate surface area is 128 Å². The second-order valence-corrected chi connectivity index (χ2v) is 6.10. The zero-order valence-corrected chi connectivity index (χ0v) is 13.6. The molecule has 0 aliphatic heterocycles. The van der Waals surface area contributed by atoms with E-state index in [1.165, 1.54) is 11.1 Å². The van der Waals surface area contributed by atoms with Crippen LogP contribution < -0.4 is 4.74 Å². The molecular weight excluding hydrogens is 316 g/mol. The monoisotopic (exact) mass is 334 g/mol. The molecule has 3 heteroatoms. The number of rotatable bonds is 4. The largest absolute Gasteiger partial charge is 0.457 e. The molecule has 1 N–H and O–H groups in total. The number of hydrogen-bond donors (Lipinski definition) is 1. The lowest BCUT2D eigenvalue weighted by Gasteiger charge is -2.14. The second-order valence-electron chi connectivity index (χ2n) is 5.19. The number of aryl methyl sites for hydroxylation is 1. The van der Waals surface area contributed by atoms with E-state index in [1.54, 1.807) is 0 Å². The summed E-state index contributed by atoms with van der Waals surface area (Å²) in [4.78, 5) is 0. The highest BCUT2D eigenvalue weighted by Crippen LogP contribution is 2.31. The van der Waals surface area contributed by atoms with Gasteiger partial charge >= 0.3 is 0 Å². The van der Waals surface area contributed by atoms with Gasteiger partial charge < -0.3 is 9.84 Å². The third kappa shape index (κ3) is 3.41. The highest BCUT2D eigenvalue weighted by molar-refractivity contribution is 9.10. The van der Waals surface area contributed by atoms with Crippen molar-refractivity contribution in [1.29, 1.82) is 0 Å². The molecule has 0 bridgehead atoms. The Hall–Kier alpha value is -1.32. The van der Waals surface area contributed by atoms with Crippen molar-refractivity contribution in [2.45, 2.75) is 33.3 Å². The van der Waals surface area contributed by atoms with Gasteiger partial charge in [-0.25, -0.2) is 0 Å². The standard InChI is InChI=1S/C17H19BrO2/c1-11(2)16-7-6-15(8-12(16)3)20-17-9-14(18)5-4-13(17)10-19/h4-9,11,19H,10H2,1-3H3. The topological polar surface area (TPSA) is 29.5 Å². The first-order chi connectivity index (χ1) is 9.51. The van der Waals surface area contributed by atoms with Crippen molar-refractivity contribution in [2.75, 3.05) is 0 Å². The molecule has 0 fully saturated rings. The van der Waals surface area contributed by atoms with Gasteiger partial charge in [-0.2, -0.15) is 0 Å². The summed E-state index contributed by atoms with van der Waals surface area (Å²) in [5, 5.41) is 9.36. The lowest BCUT2D eigenvalue weighted by molar-refractivity contribution is 0.276. The molecule has 2 rings (SSSR count). The highest BCUT2D eigenvalue weighted by Gasteiger charge is 2.08. The number of halogens is 1. The van der Waals surface area contributed by atoms with Crippen molar-refractivity contribution in [2.24, 2.45) is 0 Å². The van der Waals surface area contributed by atoms with Gasteiger partial charge in [0, 0.05) is 10.0 Å². The Morgan fingerprint density at radius 1 is 1.15 bits per heavy atom. The van der Waals surface area contributed by atoms with Gasteiger partial charge in [0.15, 0.2) is 0 Å². The fourth-order valence-corrected chi connectivity index (χ4v) is 2.58. The van der Waals surface area contributed by atoms with Crippen molar-refractivity contribution in [3.63, 3.8) is 0 Å². The number of aliphatic hydroxyl groups excluding tert-OH is 1. The maximum Gasteiger partial charge on any atom is 0.134 e. The fourth-order valence-electron chi connectivity index (χ4n) is 2.24. The van der Waals surface area contributed by atoms with Gasteiger partial charge in [0.1, 0.15) is 11.5 Å². The van der Waals surface area contributed by atoms with E-state index in [-0.39, 0.29) is 6.61 Å². The van der Waals surface area contributed by atoms with Gasteiger partial charge in [-0.3, -0.25) is 0 Å². The zero-order chi connectivity index (χ0) is 14.7. The van der Waals surface area contributed by atoms with Gasteiger partial charge in [-0.15, -0.1) is 0 Å². The molecule has 2 nitrogen and oxygen atoms in total. The third-order valence-electron chi connectivity index (χ3n) is 3.29. The molecule has 2 aromatic carbocycles. The normalized spacial score (nSPS) is 10.9. The molecule has 0 saturated heterocycles. The first-order valence-corrected chi connectivity index (χ1v) is 7.48. The summed E-state index contributed by atoms with van der Waals surface area (Å²) >= 11 is 3.42. The Morgan fingerprint density at radius 2 is 1.90 bits per heavy atom. The molecule has 2 aromatic rings. The molecule has 0 aliphatic carbocycles. The molecule has 0 aromatic heterocycles. The van der Waals surface area contributed by atoms with E-state index in [9.17, 15) is 5.11 Å². The van der Waals surface area contributed by atoms with Gasteiger partial charge in [-0.1, -0.05) is 41.9 Å². The van der Waals surface area contributed by atoms with Crippen LogP contribution in [0.25, 0.3) is 0 Å². The lowest BCUT2D eigenvalue weighted by Crippen LogP contribution is -1.95. The minimum Gasteiger partial charge on any atom is -0.457 e. The van der Waals surface area contributed by atoms with Gasteiger partial charge in [-0.05, 0) is 48.2 Å². The predicted molar refractivity (Wildman–Crippen MR) is 85.4 cm³/mol. The first kappa shape index (κ1) is 15.1. The van der Waals surface area contributed by atoms with Crippen molar-refractivity contribution in [3.05, 3.63) is 57.6 Å². The molecule has 0 aliphatic rings. The summed E-state index contributed by atoms with van der Waals surface area (Å²) in [6.45, 7) is 6.42. The van der Waals surface area contributed by atoms with E-state index in [0.29, 0.717) is 11.7 Å². The summed E-state index contributed by atoms with van der Waals surface area (Å²) in [6, 6.07) is 11.7. The van der Waals surface area contributed by atoms with E-state index in [1.807, 2.05) is 30.3 Å². The molecule has 0 atom stereocenters. The van der Waals surface area contributed by atoms with Gasteiger partial charge in [0.25, 0.3) is 0 Å². The highest BCUT2D eigenvalue weighted by atomic mass is 79.9. The zero-order valence-electron chi connectivity index (χ0n) is 12.0. The maximum atomic E-state index is 9.36. The van der Waals surface area contributed by atoms with Crippen LogP contribution in [0.4, 0.5) is 0 Å². The van der Waals surface area contributed by atoms with Crippen LogP contribution in [0, 0.1) is 6.92 Å². The summed E-state index contributed by atoms with van der Waals surface area (Å²) < 4.78 is 6.84. The van der Waals surface area contributed by atoms with Gasteiger partial charge in [0.2, 0.25) is 0 Å². The molecular formula is C17H19BrO2. The summed E-state index contributed by atoms with van der Waals surface area (Å²) in [7, 11) is 0. The van der Waals surface area contributed by atoms with Crippen LogP contribution in [0.3, 0.4) is 0 Å². The molecule has 0 spiro atoms. The first-order valence-electron chi connectivity index (χ1n) is 6.69. The van der Waals surface area contributed by atoms with Crippen LogP contribution in [0.15, 0.2) is 40.9 Å². The molecule has 0 radical (unpaired) electrons. The van der Waals surface area contributed by atoms with Crippen LogP contribution in [-0.4, -0.2) is 5.11 Å². The molecule has 20 heavy (non-hydrogen) atoms. The smallest absolute Gasteiger partial charge is 0.134 e. The van der Waals surface area contributed by atoms with Crippen LogP contribution in [-0.2, 0) is 6.61 Å². The number of ether oxygens (including phenoxy) is 1.